The van der Waals surface area contributed by atoms with Crippen molar-refractivity contribution in [3.63, 3.8) is 0 Å². The molecule has 0 N–H and O–H groups in total. The first kappa shape index (κ1) is 13.8. The lowest BCUT2D eigenvalue weighted by Crippen LogP contribution is -2.35. The monoisotopic (exact) mass is 282 g/mol. The number of benzene rings is 1. The van der Waals surface area contributed by atoms with Crippen LogP contribution in [0, 0.1) is 10.1 Å². The molecule has 0 atom stereocenters. The third kappa shape index (κ3) is 3.05. The Bertz CT molecular complexity index is 501. The largest absolute Gasteiger partial charge is 0.283 e. The molecule has 0 spiro atoms. The van der Waals surface area contributed by atoms with Gasteiger partial charge < -0.3 is 0 Å². The van der Waals surface area contributed by atoms with E-state index in [0.717, 1.165) is 12.8 Å². The van der Waals surface area contributed by atoms with Gasteiger partial charge in [-0.05, 0) is 31.2 Å². The highest BCUT2D eigenvalue weighted by molar-refractivity contribution is 7.98. The lowest BCUT2D eigenvalue weighted by Gasteiger charge is -2.25. The van der Waals surface area contributed by atoms with Crippen LogP contribution in [0.5, 0.6) is 0 Å². The first-order chi connectivity index (χ1) is 9.13. The number of carbonyl (C=O) groups is 1. The van der Waals surface area contributed by atoms with E-state index in [1.807, 2.05) is 0 Å². The molecule has 1 aliphatic rings. The molecule has 0 aromatic heterocycles. The number of hydrogen-bond acceptors (Lipinski definition) is 5. The quantitative estimate of drug-likeness (QED) is 0.484. The number of hydrogen-bond donors (Lipinski definition) is 0. The Kier molecular flexibility index (Phi) is 4.39. The van der Waals surface area contributed by atoms with E-state index in [1.165, 1.54) is 22.9 Å². The lowest BCUT2D eigenvalue weighted by atomic mass is 10.1. The summed E-state index contributed by atoms with van der Waals surface area (Å²) in [6.07, 6.45) is 3.57. The smallest absolute Gasteiger partial charge is 0.271 e. The van der Waals surface area contributed by atoms with Crippen molar-refractivity contribution in [1.82, 2.24) is 5.06 Å². The molecule has 1 aromatic carbocycles. The van der Waals surface area contributed by atoms with Crippen LogP contribution in [0.15, 0.2) is 23.1 Å². The van der Waals surface area contributed by atoms with E-state index in [0.29, 0.717) is 18.0 Å². The fraction of sp³-hybridized carbons (Fsp3) is 0.417. The SMILES string of the molecule is CSc1ccc(C(=O)N2CCCCO2)cc1[N+](=O)[O-]. The van der Waals surface area contributed by atoms with E-state index in [9.17, 15) is 14.9 Å². The predicted octanol–water partition coefficient (Wildman–Crippen LogP) is 2.48. The van der Waals surface area contributed by atoms with Crippen molar-refractivity contribution < 1.29 is 14.6 Å². The van der Waals surface area contributed by atoms with Gasteiger partial charge in [-0.1, -0.05) is 0 Å². The third-order valence-corrected chi connectivity index (χ3v) is 3.64. The Balaban J connectivity index is 2.26. The molecular formula is C12H14N2O4S. The number of hydroxylamine groups is 2. The van der Waals surface area contributed by atoms with Crippen LogP contribution in [0.2, 0.25) is 0 Å². The fourth-order valence-electron chi connectivity index (χ4n) is 1.87. The number of amides is 1. The van der Waals surface area contributed by atoms with Crippen molar-refractivity contribution in [3.05, 3.63) is 33.9 Å². The van der Waals surface area contributed by atoms with Crippen molar-refractivity contribution in [3.8, 4) is 0 Å². The van der Waals surface area contributed by atoms with Crippen LogP contribution in [-0.2, 0) is 4.84 Å². The molecule has 1 aromatic rings. The van der Waals surface area contributed by atoms with Gasteiger partial charge in [0, 0.05) is 18.2 Å². The van der Waals surface area contributed by atoms with Crippen LogP contribution in [0.4, 0.5) is 5.69 Å². The second-order valence-corrected chi connectivity index (χ2v) is 4.94. The van der Waals surface area contributed by atoms with Gasteiger partial charge >= 0.3 is 0 Å². The van der Waals surface area contributed by atoms with Crippen LogP contribution in [0.1, 0.15) is 23.2 Å². The molecule has 0 bridgehead atoms. The summed E-state index contributed by atoms with van der Waals surface area (Å²) in [7, 11) is 0. The van der Waals surface area contributed by atoms with Gasteiger partial charge in [0.15, 0.2) is 0 Å². The summed E-state index contributed by atoms with van der Waals surface area (Å²) in [6.45, 7) is 1.04. The molecule has 0 saturated carbocycles. The molecule has 6 nitrogen and oxygen atoms in total. The van der Waals surface area contributed by atoms with E-state index in [2.05, 4.69) is 0 Å². The number of nitro benzene ring substituents is 1. The molecule has 2 rings (SSSR count). The van der Waals surface area contributed by atoms with Crippen molar-refractivity contribution in [2.45, 2.75) is 17.7 Å². The molecule has 1 fully saturated rings. The lowest BCUT2D eigenvalue weighted by molar-refractivity contribution is -0.387. The topological polar surface area (TPSA) is 72.7 Å². The van der Waals surface area contributed by atoms with Crippen molar-refractivity contribution in [2.75, 3.05) is 19.4 Å². The maximum atomic E-state index is 12.1. The Hall–Kier alpha value is -1.60. The van der Waals surface area contributed by atoms with Gasteiger partial charge in [-0.25, -0.2) is 5.06 Å². The van der Waals surface area contributed by atoms with Crippen LogP contribution in [0.3, 0.4) is 0 Å². The molecular weight excluding hydrogens is 268 g/mol. The van der Waals surface area contributed by atoms with Gasteiger partial charge in [0.05, 0.1) is 16.4 Å². The molecule has 0 radical (unpaired) electrons. The van der Waals surface area contributed by atoms with E-state index >= 15 is 0 Å². The van der Waals surface area contributed by atoms with Crippen LogP contribution in [0.25, 0.3) is 0 Å². The average Bonchev–Trinajstić information content (AvgIpc) is 2.46. The molecule has 1 heterocycles. The summed E-state index contributed by atoms with van der Waals surface area (Å²) >= 11 is 1.28. The third-order valence-electron chi connectivity index (χ3n) is 2.85. The summed E-state index contributed by atoms with van der Waals surface area (Å²) in [5.41, 5.74) is 0.238. The highest BCUT2D eigenvalue weighted by atomic mass is 32.2. The average molecular weight is 282 g/mol. The van der Waals surface area contributed by atoms with Crippen molar-refractivity contribution in [1.29, 1.82) is 0 Å². The summed E-state index contributed by atoms with van der Waals surface area (Å²) in [6, 6.07) is 4.51. The Labute approximate surface area is 114 Å². The van der Waals surface area contributed by atoms with Crippen molar-refractivity contribution >= 4 is 23.4 Å². The molecule has 1 aliphatic heterocycles. The Morgan fingerprint density at radius 3 is 2.84 bits per heavy atom. The van der Waals surface area contributed by atoms with E-state index in [1.54, 1.807) is 18.4 Å². The van der Waals surface area contributed by atoms with Crippen LogP contribution in [-0.4, -0.2) is 35.3 Å². The molecule has 102 valence electrons. The van der Waals surface area contributed by atoms with Crippen molar-refractivity contribution in [2.24, 2.45) is 0 Å². The molecule has 0 aliphatic carbocycles. The van der Waals surface area contributed by atoms with Crippen LogP contribution >= 0.6 is 11.8 Å². The first-order valence-electron chi connectivity index (χ1n) is 5.90. The van der Waals surface area contributed by atoms with Gasteiger partial charge in [0.2, 0.25) is 0 Å². The zero-order valence-electron chi connectivity index (χ0n) is 10.5. The number of nitrogens with zero attached hydrogens (tertiary/aromatic N) is 2. The van der Waals surface area contributed by atoms with E-state index in [-0.39, 0.29) is 17.2 Å². The minimum Gasteiger partial charge on any atom is -0.271 e. The minimum atomic E-state index is -0.473. The zero-order chi connectivity index (χ0) is 13.8. The summed E-state index contributed by atoms with van der Waals surface area (Å²) in [5.74, 6) is -0.324. The maximum absolute atomic E-state index is 12.1. The molecule has 19 heavy (non-hydrogen) atoms. The summed E-state index contributed by atoms with van der Waals surface area (Å²) in [4.78, 5) is 28.4. The number of thioether (sulfide) groups is 1. The predicted molar refractivity (Wildman–Crippen MR) is 71.1 cm³/mol. The van der Waals surface area contributed by atoms with Gasteiger partial charge in [-0.15, -0.1) is 11.8 Å². The standard InChI is InChI=1S/C12H14N2O4S/c1-19-11-5-4-9(8-10(11)14(16)17)12(15)13-6-2-3-7-18-13/h4-5,8H,2-3,6-7H2,1H3. The maximum Gasteiger partial charge on any atom is 0.283 e. The van der Waals surface area contributed by atoms with E-state index < -0.39 is 4.92 Å². The fourth-order valence-corrected chi connectivity index (χ4v) is 2.41. The highest BCUT2D eigenvalue weighted by Crippen LogP contribution is 2.28. The Morgan fingerprint density at radius 2 is 2.26 bits per heavy atom. The summed E-state index contributed by atoms with van der Waals surface area (Å²) < 4.78 is 0. The number of carbonyl (C=O) groups excluding carboxylic acids is 1. The molecule has 1 amide bonds. The molecule has 7 heteroatoms. The highest BCUT2D eigenvalue weighted by Gasteiger charge is 2.22. The second-order valence-electron chi connectivity index (χ2n) is 4.09. The number of rotatable bonds is 3. The van der Waals surface area contributed by atoms with Gasteiger partial charge in [-0.2, -0.15) is 0 Å². The first-order valence-corrected chi connectivity index (χ1v) is 7.13. The number of nitro groups is 1. The minimum absolute atomic E-state index is 0.0460. The summed E-state index contributed by atoms with van der Waals surface area (Å²) in [5, 5.41) is 12.2. The molecule has 0 unspecified atom stereocenters. The van der Waals surface area contributed by atoms with Crippen LogP contribution < -0.4 is 0 Å². The second kappa shape index (κ2) is 6.03. The van der Waals surface area contributed by atoms with Gasteiger partial charge in [0.25, 0.3) is 11.6 Å². The van der Waals surface area contributed by atoms with Gasteiger partial charge in [0.1, 0.15) is 0 Å². The van der Waals surface area contributed by atoms with Gasteiger partial charge in [-0.3, -0.25) is 19.7 Å². The molecule has 1 saturated heterocycles. The zero-order valence-corrected chi connectivity index (χ0v) is 11.3. The normalized spacial score (nSPS) is 15.3. The Morgan fingerprint density at radius 1 is 1.47 bits per heavy atom. The van der Waals surface area contributed by atoms with E-state index in [4.69, 9.17) is 4.84 Å².